The van der Waals surface area contributed by atoms with Crippen LogP contribution in [0.1, 0.15) is 43.0 Å². The van der Waals surface area contributed by atoms with Crippen molar-refractivity contribution < 1.29 is 9.00 Å². The molecule has 1 aromatic heterocycles. The summed E-state index contributed by atoms with van der Waals surface area (Å²) in [5, 5.41) is 4.36. The first-order valence-electron chi connectivity index (χ1n) is 8.28. The predicted octanol–water partition coefficient (Wildman–Crippen LogP) is 1.91. The molecule has 1 saturated heterocycles. The highest BCUT2D eigenvalue weighted by atomic mass is 32.2. The number of carbonyl (C=O) groups is 1. The van der Waals surface area contributed by atoms with Crippen molar-refractivity contribution in [3.63, 3.8) is 0 Å². The molecule has 0 aromatic carbocycles. The lowest BCUT2D eigenvalue weighted by Gasteiger charge is -2.21. The van der Waals surface area contributed by atoms with Gasteiger partial charge in [-0.2, -0.15) is 5.10 Å². The maximum Gasteiger partial charge on any atom is 0.257 e. The van der Waals surface area contributed by atoms with Gasteiger partial charge < -0.3 is 4.90 Å². The van der Waals surface area contributed by atoms with Gasteiger partial charge in [-0.05, 0) is 24.7 Å². The summed E-state index contributed by atoms with van der Waals surface area (Å²) in [4.78, 5) is 14.5. The monoisotopic (exact) mass is 323 g/mol. The third-order valence-electron chi connectivity index (χ3n) is 4.68. The van der Waals surface area contributed by atoms with Crippen molar-refractivity contribution in [1.29, 1.82) is 0 Å². The second-order valence-electron chi connectivity index (χ2n) is 6.77. The molecule has 1 aliphatic carbocycles. The Kier molecular flexibility index (Phi) is 4.96. The number of hydrogen-bond donors (Lipinski definition) is 0. The van der Waals surface area contributed by atoms with Crippen molar-refractivity contribution in [3.05, 3.63) is 18.0 Å². The fourth-order valence-electron chi connectivity index (χ4n) is 3.53. The van der Waals surface area contributed by atoms with E-state index in [9.17, 15) is 9.00 Å². The average Bonchev–Trinajstić information content (AvgIpc) is 3.11. The number of hydrogen-bond acceptors (Lipinski definition) is 3. The molecule has 6 heteroatoms. The van der Waals surface area contributed by atoms with Gasteiger partial charge in [0.05, 0.1) is 11.8 Å². The Balaban J connectivity index is 1.64. The van der Waals surface area contributed by atoms with E-state index in [1.54, 1.807) is 6.20 Å². The van der Waals surface area contributed by atoms with Crippen LogP contribution in [-0.2, 0) is 17.3 Å². The quantitative estimate of drug-likeness (QED) is 0.854. The van der Waals surface area contributed by atoms with Gasteiger partial charge >= 0.3 is 0 Å². The Morgan fingerprint density at radius 1 is 1.41 bits per heavy atom. The molecule has 2 atom stereocenters. The van der Waals surface area contributed by atoms with Gasteiger partial charge in [-0.15, -0.1) is 0 Å². The molecule has 22 heavy (non-hydrogen) atoms. The summed E-state index contributed by atoms with van der Waals surface area (Å²) >= 11 is 0. The van der Waals surface area contributed by atoms with Gasteiger partial charge in [0.1, 0.15) is 0 Å². The Bertz CT molecular complexity index is 551. The van der Waals surface area contributed by atoms with Crippen LogP contribution < -0.4 is 0 Å². The molecule has 2 unspecified atom stereocenters. The Morgan fingerprint density at radius 3 is 2.95 bits per heavy atom. The smallest absolute Gasteiger partial charge is 0.257 e. The highest BCUT2D eigenvalue weighted by Crippen LogP contribution is 2.26. The van der Waals surface area contributed by atoms with Crippen LogP contribution in [0, 0.1) is 11.8 Å². The minimum atomic E-state index is -0.794. The third-order valence-corrected chi connectivity index (χ3v) is 6.26. The Labute approximate surface area is 134 Å². The molecule has 122 valence electrons. The third kappa shape index (κ3) is 3.77. The van der Waals surface area contributed by atoms with E-state index in [0.29, 0.717) is 42.0 Å². The normalized spacial score (nSPS) is 27.0. The van der Waals surface area contributed by atoms with Crippen LogP contribution in [-0.4, -0.2) is 49.4 Å². The summed E-state index contributed by atoms with van der Waals surface area (Å²) in [5.74, 6) is 2.32. The number of amides is 1. The van der Waals surface area contributed by atoms with Crippen molar-refractivity contribution >= 4 is 16.7 Å². The second kappa shape index (κ2) is 6.94. The van der Waals surface area contributed by atoms with Crippen molar-refractivity contribution in [3.8, 4) is 0 Å². The molecule has 0 bridgehead atoms. The second-order valence-corrected chi connectivity index (χ2v) is 8.39. The molecule has 5 nitrogen and oxygen atoms in total. The molecule has 2 aliphatic rings. The van der Waals surface area contributed by atoms with E-state index in [-0.39, 0.29) is 5.91 Å². The maximum absolute atomic E-state index is 12.6. The molecule has 0 radical (unpaired) electrons. The van der Waals surface area contributed by atoms with Gasteiger partial charge in [0, 0.05) is 48.1 Å². The van der Waals surface area contributed by atoms with Crippen molar-refractivity contribution in [2.75, 3.05) is 24.6 Å². The zero-order valence-electron chi connectivity index (χ0n) is 13.2. The summed E-state index contributed by atoms with van der Waals surface area (Å²) in [6.07, 6.45) is 8.76. The van der Waals surface area contributed by atoms with E-state index < -0.39 is 10.8 Å². The van der Waals surface area contributed by atoms with Crippen LogP contribution in [0.2, 0.25) is 0 Å². The van der Waals surface area contributed by atoms with Crippen molar-refractivity contribution in [2.24, 2.45) is 11.8 Å². The van der Waals surface area contributed by atoms with Crippen LogP contribution in [0.5, 0.6) is 0 Å². The number of aromatic nitrogens is 2. The lowest BCUT2D eigenvalue weighted by molar-refractivity contribution is 0.0751. The largest absolute Gasteiger partial charge is 0.337 e. The minimum Gasteiger partial charge on any atom is -0.337 e. The fraction of sp³-hybridized carbons (Fsp3) is 0.750. The molecule has 0 spiro atoms. The standard InChI is InChI=1S/C16H25N3O2S/c1-13-9-18(6-7-22(21)12-13)16(20)15-8-17-19(11-15)10-14-4-2-3-5-14/h8,11,13-14H,2-7,9-10,12H2,1H3. The predicted molar refractivity (Wildman–Crippen MR) is 87.1 cm³/mol. The summed E-state index contributed by atoms with van der Waals surface area (Å²) in [7, 11) is -0.794. The molecule has 1 aliphatic heterocycles. The summed E-state index contributed by atoms with van der Waals surface area (Å²) in [5.41, 5.74) is 0.665. The van der Waals surface area contributed by atoms with E-state index in [1.807, 2.05) is 15.8 Å². The molecule has 1 saturated carbocycles. The fourth-order valence-corrected chi connectivity index (χ4v) is 4.86. The van der Waals surface area contributed by atoms with Crippen LogP contribution in [0.4, 0.5) is 0 Å². The van der Waals surface area contributed by atoms with Gasteiger partial charge in [-0.3, -0.25) is 13.7 Å². The zero-order chi connectivity index (χ0) is 15.5. The van der Waals surface area contributed by atoms with E-state index in [4.69, 9.17) is 0 Å². The molecule has 1 amide bonds. The van der Waals surface area contributed by atoms with Crippen LogP contribution in [0.15, 0.2) is 12.4 Å². The Morgan fingerprint density at radius 2 is 2.18 bits per heavy atom. The maximum atomic E-state index is 12.6. The SMILES string of the molecule is CC1CN(C(=O)c2cnn(CC3CCCC3)c2)CCS(=O)C1. The van der Waals surface area contributed by atoms with Gasteiger partial charge in [0.15, 0.2) is 0 Å². The summed E-state index contributed by atoms with van der Waals surface area (Å²) < 4.78 is 13.7. The van der Waals surface area contributed by atoms with Crippen LogP contribution >= 0.6 is 0 Å². The highest BCUT2D eigenvalue weighted by molar-refractivity contribution is 7.85. The first-order chi connectivity index (χ1) is 10.6. The molecule has 1 aromatic rings. The summed E-state index contributed by atoms with van der Waals surface area (Å²) in [6, 6.07) is 0. The topological polar surface area (TPSA) is 55.2 Å². The average molecular weight is 323 g/mol. The highest BCUT2D eigenvalue weighted by Gasteiger charge is 2.24. The van der Waals surface area contributed by atoms with E-state index in [1.165, 1.54) is 25.7 Å². The minimum absolute atomic E-state index is 0.0309. The molecule has 2 heterocycles. The lowest BCUT2D eigenvalue weighted by Crippen LogP contribution is -2.35. The van der Waals surface area contributed by atoms with Gasteiger partial charge in [-0.1, -0.05) is 19.8 Å². The molecular formula is C16H25N3O2S. The van der Waals surface area contributed by atoms with E-state index in [0.717, 1.165) is 6.54 Å². The van der Waals surface area contributed by atoms with Crippen molar-refractivity contribution in [1.82, 2.24) is 14.7 Å². The van der Waals surface area contributed by atoms with Crippen LogP contribution in [0.3, 0.4) is 0 Å². The number of rotatable bonds is 3. The molecular weight excluding hydrogens is 298 g/mol. The molecule has 3 rings (SSSR count). The molecule has 0 N–H and O–H groups in total. The van der Waals surface area contributed by atoms with Gasteiger partial charge in [-0.25, -0.2) is 0 Å². The number of carbonyl (C=O) groups excluding carboxylic acids is 1. The van der Waals surface area contributed by atoms with Gasteiger partial charge in [0.25, 0.3) is 5.91 Å². The van der Waals surface area contributed by atoms with Gasteiger partial charge in [0.2, 0.25) is 0 Å². The van der Waals surface area contributed by atoms with E-state index >= 15 is 0 Å². The molecule has 2 fully saturated rings. The first kappa shape index (κ1) is 15.7. The number of nitrogens with zero attached hydrogens (tertiary/aromatic N) is 3. The zero-order valence-corrected chi connectivity index (χ0v) is 14.1. The lowest BCUT2D eigenvalue weighted by atomic mass is 10.1. The van der Waals surface area contributed by atoms with E-state index in [2.05, 4.69) is 12.0 Å². The Hall–Kier alpha value is -1.17. The van der Waals surface area contributed by atoms with Crippen LogP contribution in [0.25, 0.3) is 0 Å². The summed E-state index contributed by atoms with van der Waals surface area (Å²) in [6.45, 7) is 4.27. The first-order valence-corrected chi connectivity index (χ1v) is 9.77. The van der Waals surface area contributed by atoms with Crippen molar-refractivity contribution in [2.45, 2.75) is 39.2 Å².